The van der Waals surface area contributed by atoms with Gasteiger partial charge in [-0.25, -0.2) is 0 Å². The minimum absolute atomic E-state index is 0.0681. The van der Waals surface area contributed by atoms with E-state index in [0.29, 0.717) is 13.0 Å². The van der Waals surface area contributed by atoms with Crippen LogP contribution < -0.4 is 5.32 Å². The minimum Gasteiger partial charge on any atom is -0.342 e. The van der Waals surface area contributed by atoms with Gasteiger partial charge in [0.25, 0.3) is 0 Å². The van der Waals surface area contributed by atoms with Crippen molar-refractivity contribution < 1.29 is 22.8 Å². The largest absolute Gasteiger partial charge is 0.416 e. The van der Waals surface area contributed by atoms with Gasteiger partial charge in [-0.05, 0) is 37.1 Å². The summed E-state index contributed by atoms with van der Waals surface area (Å²) in [6.07, 6.45) is -3.72. The number of carbonyl (C=O) groups excluding carboxylic acids is 2. The van der Waals surface area contributed by atoms with Gasteiger partial charge in [0.2, 0.25) is 11.8 Å². The summed E-state index contributed by atoms with van der Waals surface area (Å²) in [7, 11) is 0. The Bertz CT molecular complexity index is 863. The highest BCUT2D eigenvalue weighted by molar-refractivity contribution is 5.97. The second-order valence-corrected chi connectivity index (χ2v) is 7.04. The highest BCUT2D eigenvalue weighted by atomic mass is 19.4. The SMILES string of the molecule is Cc1ccc(CCN2CC(C(=O)Nc3cccc(C(F)(F)F)c3)CC2=O)cc1. The molecule has 28 heavy (non-hydrogen) atoms. The molecular weight excluding hydrogens is 369 g/mol. The van der Waals surface area contributed by atoms with Crippen molar-refractivity contribution in [3.63, 3.8) is 0 Å². The minimum atomic E-state index is -4.48. The Morgan fingerprint density at radius 1 is 1.18 bits per heavy atom. The number of carbonyl (C=O) groups is 2. The van der Waals surface area contributed by atoms with Crippen LogP contribution in [0.2, 0.25) is 0 Å². The van der Waals surface area contributed by atoms with Gasteiger partial charge in [0.1, 0.15) is 0 Å². The van der Waals surface area contributed by atoms with Crippen molar-refractivity contribution in [2.45, 2.75) is 25.9 Å². The summed E-state index contributed by atoms with van der Waals surface area (Å²) in [5.74, 6) is -1.12. The average Bonchev–Trinajstić information content (AvgIpc) is 3.02. The van der Waals surface area contributed by atoms with Crippen molar-refractivity contribution in [3.05, 3.63) is 65.2 Å². The van der Waals surface area contributed by atoms with E-state index < -0.39 is 23.6 Å². The molecule has 1 fully saturated rings. The number of halogens is 3. The molecule has 2 amide bonds. The van der Waals surface area contributed by atoms with Gasteiger partial charge in [-0.1, -0.05) is 35.9 Å². The van der Waals surface area contributed by atoms with Gasteiger partial charge in [0.05, 0.1) is 11.5 Å². The monoisotopic (exact) mass is 390 g/mol. The summed E-state index contributed by atoms with van der Waals surface area (Å²) in [5, 5.41) is 2.50. The van der Waals surface area contributed by atoms with E-state index in [0.717, 1.165) is 23.3 Å². The second-order valence-electron chi connectivity index (χ2n) is 7.04. The van der Waals surface area contributed by atoms with Crippen molar-refractivity contribution in [3.8, 4) is 0 Å². The molecule has 0 aliphatic carbocycles. The van der Waals surface area contributed by atoms with Crippen LogP contribution in [0.15, 0.2) is 48.5 Å². The number of alkyl halides is 3. The summed E-state index contributed by atoms with van der Waals surface area (Å²) < 4.78 is 38.4. The maximum atomic E-state index is 12.8. The molecule has 0 spiro atoms. The number of nitrogens with zero attached hydrogens (tertiary/aromatic N) is 1. The number of rotatable bonds is 5. The fraction of sp³-hybridized carbons (Fsp3) is 0.333. The van der Waals surface area contributed by atoms with Crippen LogP contribution in [-0.2, 0) is 22.2 Å². The molecular formula is C21H21F3N2O2. The number of hydrogen-bond donors (Lipinski definition) is 1. The molecule has 4 nitrogen and oxygen atoms in total. The molecule has 1 saturated heterocycles. The van der Waals surface area contributed by atoms with Crippen molar-refractivity contribution >= 4 is 17.5 Å². The van der Waals surface area contributed by atoms with Crippen LogP contribution in [0.4, 0.5) is 18.9 Å². The molecule has 1 aliphatic heterocycles. The summed E-state index contributed by atoms with van der Waals surface area (Å²) >= 11 is 0. The van der Waals surface area contributed by atoms with Crippen LogP contribution in [0, 0.1) is 12.8 Å². The van der Waals surface area contributed by atoms with E-state index in [2.05, 4.69) is 5.32 Å². The third kappa shape index (κ3) is 4.91. The first kappa shape index (κ1) is 19.9. The zero-order valence-electron chi connectivity index (χ0n) is 15.4. The Kier molecular flexibility index (Phi) is 5.72. The second kappa shape index (κ2) is 8.04. The van der Waals surface area contributed by atoms with Crippen LogP contribution in [0.5, 0.6) is 0 Å². The van der Waals surface area contributed by atoms with Gasteiger partial charge >= 0.3 is 6.18 Å². The molecule has 0 bridgehead atoms. The van der Waals surface area contributed by atoms with Gasteiger partial charge in [0, 0.05) is 25.2 Å². The Morgan fingerprint density at radius 3 is 2.57 bits per heavy atom. The standard InChI is InChI=1S/C21H21F3N2O2/c1-14-5-7-15(8-6-14)9-10-26-13-16(11-19(26)27)20(28)25-18-4-2-3-17(12-18)21(22,23)24/h2-8,12,16H,9-11,13H2,1H3,(H,25,28). The number of likely N-dealkylation sites (tertiary alicyclic amines) is 1. The number of hydrogen-bond acceptors (Lipinski definition) is 2. The molecule has 2 aromatic rings. The topological polar surface area (TPSA) is 49.4 Å². The lowest BCUT2D eigenvalue weighted by molar-refractivity contribution is -0.137. The Hall–Kier alpha value is -2.83. The van der Waals surface area contributed by atoms with Gasteiger partial charge in [0.15, 0.2) is 0 Å². The van der Waals surface area contributed by atoms with Crippen LogP contribution in [0.25, 0.3) is 0 Å². The lowest BCUT2D eigenvalue weighted by Crippen LogP contribution is -2.30. The molecule has 2 aromatic carbocycles. The zero-order chi connectivity index (χ0) is 20.3. The van der Waals surface area contributed by atoms with Crippen molar-refractivity contribution in [2.24, 2.45) is 5.92 Å². The average molecular weight is 390 g/mol. The van der Waals surface area contributed by atoms with Gasteiger partial charge in [-0.2, -0.15) is 13.2 Å². The van der Waals surface area contributed by atoms with Gasteiger partial charge in [-0.3, -0.25) is 9.59 Å². The van der Waals surface area contributed by atoms with E-state index >= 15 is 0 Å². The molecule has 1 aliphatic rings. The molecule has 1 unspecified atom stereocenters. The molecule has 7 heteroatoms. The third-order valence-corrected chi connectivity index (χ3v) is 4.83. The Morgan fingerprint density at radius 2 is 1.89 bits per heavy atom. The molecule has 1 heterocycles. The lowest BCUT2D eigenvalue weighted by atomic mass is 10.1. The summed E-state index contributed by atoms with van der Waals surface area (Å²) in [5.41, 5.74) is 1.51. The number of nitrogens with one attached hydrogen (secondary N) is 1. The number of anilines is 1. The quantitative estimate of drug-likeness (QED) is 0.838. The van der Waals surface area contributed by atoms with E-state index in [4.69, 9.17) is 0 Å². The van der Waals surface area contributed by atoms with Crippen molar-refractivity contribution in [2.75, 3.05) is 18.4 Å². The van der Waals surface area contributed by atoms with Crippen LogP contribution in [0.1, 0.15) is 23.1 Å². The number of amides is 2. The van der Waals surface area contributed by atoms with Gasteiger partial charge < -0.3 is 10.2 Å². The highest BCUT2D eigenvalue weighted by Gasteiger charge is 2.34. The number of aryl methyl sites for hydroxylation is 1. The number of benzene rings is 2. The lowest BCUT2D eigenvalue weighted by Gasteiger charge is -2.17. The molecule has 0 aromatic heterocycles. The Labute approximate surface area is 161 Å². The van der Waals surface area contributed by atoms with E-state index in [9.17, 15) is 22.8 Å². The predicted molar refractivity (Wildman–Crippen MR) is 99.6 cm³/mol. The van der Waals surface area contributed by atoms with Crippen LogP contribution >= 0.6 is 0 Å². The molecule has 1 N–H and O–H groups in total. The first-order valence-corrected chi connectivity index (χ1v) is 9.04. The van der Waals surface area contributed by atoms with E-state index in [-0.39, 0.29) is 24.6 Å². The van der Waals surface area contributed by atoms with Crippen molar-refractivity contribution in [1.82, 2.24) is 4.90 Å². The van der Waals surface area contributed by atoms with E-state index in [1.54, 1.807) is 4.90 Å². The highest BCUT2D eigenvalue weighted by Crippen LogP contribution is 2.31. The van der Waals surface area contributed by atoms with Crippen LogP contribution in [-0.4, -0.2) is 29.8 Å². The van der Waals surface area contributed by atoms with Gasteiger partial charge in [-0.15, -0.1) is 0 Å². The predicted octanol–water partition coefficient (Wildman–Crippen LogP) is 4.04. The normalized spacial score (nSPS) is 17.1. The van der Waals surface area contributed by atoms with Crippen molar-refractivity contribution in [1.29, 1.82) is 0 Å². The molecule has 0 saturated carbocycles. The van der Waals surface area contributed by atoms with Crippen LogP contribution in [0.3, 0.4) is 0 Å². The zero-order valence-corrected chi connectivity index (χ0v) is 15.4. The molecule has 1 atom stereocenters. The molecule has 3 rings (SSSR count). The smallest absolute Gasteiger partial charge is 0.342 e. The first-order chi connectivity index (χ1) is 13.2. The molecule has 0 radical (unpaired) electrons. The first-order valence-electron chi connectivity index (χ1n) is 9.04. The third-order valence-electron chi connectivity index (χ3n) is 4.83. The maximum Gasteiger partial charge on any atom is 0.416 e. The maximum absolute atomic E-state index is 12.8. The summed E-state index contributed by atoms with van der Waals surface area (Å²) in [4.78, 5) is 26.2. The Balaban J connectivity index is 1.57. The summed E-state index contributed by atoms with van der Waals surface area (Å²) in [6.45, 7) is 2.78. The fourth-order valence-electron chi connectivity index (χ4n) is 3.20. The summed E-state index contributed by atoms with van der Waals surface area (Å²) in [6, 6.07) is 12.5. The fourth-order valence-corrected chi connectivity index (χ4v) is 3.20. The molecule has 148 valence electrons. The van der Waals surface area contributed by atoms with E-state index in [1.807, 2.05) is 31.2 Å². The van der Waals surface area contributed by atoms with E-state index in [1.165, 1.54) is 12.1 Å².